The molecule has 0 aromatic heterocycles. The van der Waals surface area contributed by atoms with Gasteiger partial charge in [-0.3, -0.25) is 10.1 Å². The lowest BCUT2D eigenvalue weighted by atomic mass is 9.84. The Kier molecular flexibility index (Phi) is 4.49. The molecule has 2 rings (SSSR count). The molecule has 3 N–H and O–H groups in total. The first-order valence-corrected chi connectivity index (χ1v) is 6.63. The predicted molar refractivity (Wildman–Crippen MR) is 71.4 cm³/mol. The van der Waals surface area contributed by atoms with Gasteiger partial charge in [0.25, 0.3) is 5.69 Å². The van der Waals surface area contributed by atoms with Gasteiger partial charge in [-0.25, -0.2) is 8.78 Å². The summed E-state index contributed by atoms with van der Waals surface area (Å²) in [6, 6.07) is 1.57. The Morgan fingerprint density at radius 2 is 2.05 bits per heavy atom. The maximum Gasteiger partial charge on any atom is 0.295 e. The summed E-state index contributed by atoms with van der Waals surface area (Å²) in [6.07, 6.45) is 3.61. The molecule has 1 aliphatic carbocycles. The number of anilines is 1. The first-order chi connectivity index (χ1) is 9.54. The third-order valence-electron chi connectivity index (χ3n) is 3.81. The predicted octanol–water partition coefficient (Wildman–Crippen LogP) is 2.80. The van der Waals surface area contributed by atoms with Crippen LogP contribution in [0.1, 0.15) is 25.7 Å². The van der Waals surface area contributed by atoms with Crippen molar-refractivity contribution in [2.45, 2.75) is 31.7 Å². The molecular formula is C13H17F2N3O2. The summed E-state index contributed by atoms with van der Waals surface area (Å²) in [4.78, 5) is 10.2. The van der Waals surface area contributed by atoms with Gasteiger partial charge in [0.15, 0.2) is 17.3 Å². The molecule has 1 fully saturated rings. The van der Waals surface area contributed by atoms with Gasteiger partial charge in [0.05, 0.1) is 4.92 Å². The molecule has 2 unspecified atom stereocenters. The minimum Gasteiger partial charge on any atom is -0.374 e. The highest BCUT2D eigenvalue weighted by atomic mass is 19.2. The molecule has 0 heterocycles. The van der Waals surface area contributed by atoms with E-state index in [0.717, 1.165) is 37.8 Å². The largest absolute Gasteiger partial charge is 0.374 e. The number of nitro groups is 1. The summed E-state index contributed by atoms with van der Waals surface area (Å²) in [6.45, 7) is 0.419. The van der Waals surface area contributed by atoms with Crippen LogP contribution in [0.25, 0.3) is 0 Å². The average Bonchev–Trinajstić information content (AvgIpc) is 2.44. The van der Waals surface area contributed by atoms with E-state index < -0.39 is 22.2 Å². The molecule has 20 heavy (non-hydrogen) atoms. The van der Waals surface area contributed by atoms with Gasteiger partial charge in [0.2, 0.25) is 0 Å². The number of halogens is 2. The lowest BCUT2D eigenvalue weighted by Gasteiger charge is -2.32. The summed E-state index contributed by atoms with van der Waals surface area (Å²) >= 11 is 0. The van der Waals surface area contributed by atoms with E-state index >= 15 is 0 Å². The zero-order valence-corrected chi connectivity index (χ0v) is 10.9. The molecule has 1 aromatic rings. The number of hydrogen-bond donors (Lipinski definition) is 2. The third-order valence-corrected chi connectivity index (χ3v) is 3.81. The lowest BCUT2D eigenvalue weighted by Crippen LogP contribution is -2.37. The zero-order valence-electron chi connectivity index (χ0n) is 10.9. The minimum absolute atomic E-state index is 0.117. The molecule has 1 saturated carbocycles. The van der Waals surface area contributed by atoms with Crippen LogP contribution in [0.5, 0.6) is 0 Å². The van der Waals surface area contributed by atoms with Crippen molar-refractivity contribution in [2.24, 2.45) is 11.7 Å². The Labute approximate surface area is 115 Å². The normalized spacial score (nSPS) is 22.6. The maximum atomic E-state index is 13.8. The lowest BCUT2D eigenvalue weighted by molar-refractivity contribution is -0.384. The second-order valence-electron chi connectivity index (χ2n) is 5.04. The van der Waals surface area contributed by atoms with Crippen LogP contribution in [0.3, 0.4) is 0 Å². The SMILES string of the molecule is NCC1CCCCC1Nc1c([N+](=O)[O-])ccc(F)c1F. The molecule has 110 valence electrons. The van der Waals surface area contributed by atoms with Gasteiger partial charge in [0.1, 0.15) is 0 Å². The minimum atomic E-state index is -1.21. The number of nitrogens with two attached hydrogens (primary N) is 1. The molecule has 7 heteroatoms. The Morgan fingerprint density at radius 3 is 2.70 bits per heavy atom. The second kappa shape index (κ2) is 6.13. The molecule has 0 bridgehead atoms. The van der Waals surface area contributed by atoms with Crippen LogP contribution in [-0.2, 0) is 0 Å². The van der Waals surface area contributed by atoms with Gasteiger partial charge in [-0.05, 0) is 31.4 Å². The van der Waals surface area contributed by atoms with Crippen molar-refractivity contribution in [3.05, 3.63) is 33.9 Å². The van der Waals surface area contributed by atoms with E-state index in [9.17, 15) is 18.9 Å². The average molecular weight is 285 g/mol. The molecule has 5 nitrogen and oxygen atoms in total. The fraction of sp³-hybridized carbons (Fsp3) is 0.538. The van der Waals surface area contributed by atoms with Crippen LogP contribution in [0.2, 0.25) is 0 Å². The maximum absolute atomic E-state index is 13.8. The van der Waals surface area contributed by atoms with Crippen molar-refractivity contribution >= 4 is 11.4 Å². The number of nitrogens with one attached hydrogen (secondary N) is 1. The Bertz CT molecular complexity index is 511. The third kappa shape index (κ3) is 2.87. The smallest absolute Gasteiger partial charge is 0.295 e. The van der Waals surface area contributed by atoms with Gasteiger partial charge in [0, 0.05) is 12.1 Å². The van der Waals surface area contributed by atoms with E-state index in [1.54, 1.807) is 0 Å². The van der Waals surface area contributed by atoms with Crippen molar-refractivity contribution < 1.29 is 13.7 Å². The number of benzene rings is 1. The molecule has 0 saturated heterocycles. The number of nitrogens with zero attached hydrogens (tertiary/aromatic N) is 1. The van der Waals surface area contributed by atoms with E-state index in [-0.39, 0.29) is 17.6 Å². The first kappa shape index (κ1) is 14.6. The monoisotopic (exact) mass is 285 g/mol. The molecule has 0 aliphatic heterocycles. The Morgan fingerprint density at radius 1 is 1.35 bits per heavy atom. The van der Waals surface area contributed by atoms with E-state index in [4.69, 9.17) is 5.73 Å². The highest BCUT2D eigenvalue weighted by molar-refractivity contribution is 5.63. The molecule has 0 amide bonds. The van der Waals surface area contributed by atoms with E-state index in [2.05, 4.69) is 5.32 Å². The highest BCUT2D eigenvalue weighted by Crippen LogP contribution is 2.33. The fourth-order valence-corrected chi connectivity index (χ4v) is 2.70. The van der Waals surface area contributed by atoms with Gasteiger partial charge in [-0.1, -0.05) is 12.8 Å². The number of hydrogen-bond acceptors (Lipinski definition) is 4. The molecular weight excluding hydrogens is 268 g/mol. The van der Waals surface area contributed by atoms with Crippen LogP contribution in [0.4, 0.5) is 20.2 Å². The fourth-order valence-electron chi connectivity index (χ4n) is 2.70. The van der Waals surface area contributed by atoms with Crippen molar-refractivity contribution in [2.75, 3.05) is 11.9 Å². The van der Waals surface area contributed by atoms with E-state index in [1.807, 2.05) is 0 Å². The van der Waals surface area contributed by atoms with Gasteiger partial charge < -0.3 is 11.1 Å². The van der Waals surface area contributed by atoms with Crippen LogP contribution < -0.4 is 11.1 Å². The second-order valence-corrected chi connectivity index (χ2v) is 5.04. The molecule has 0 spiro atoms. The van der Waals surface area contributed by atoms with E-state index in [1.165, 1.54) is 0 Å². The van der Waals surface area contributed by atoms with Crippen LogP contribution >= 0.6 is 0 Å². The Hall–Kier alpha value is -1.76. The van der Waals surface area contributed by atoms with Crippen LogP contribution in [0.15, 0.2) is 12.1 Å². The van der Waals surface area contributed by atoms with Crippen molar-refractivity contribution in [3.8, 4) is 0 Å². The number of rotatable bonds is 4. The topological polar surface area (TPSA) is 81.2 Å². The van der Waals surface area contributed by atoms with E-state index in [0.29, 0.717) is 6.54 Å². The van der Waals surface area contributed by atoms with Crippen molar-refractivity contribution in [1.82, 2.24) is 0 Å². The summed E-state index contributed by atoms with van der Waals surface area (Å²) in [5, 5.41) is 13.7. The summed E-state index contributed by atoms with van der Waals surface area (Å²) < 4.78 is 27.1. The Balaban J connectivity index is 2.31. The van der Waals surface area contributed by atoms with Gasteiger partial charge >= 0.3 is 0 Å². The van der Waals surface area contributed by atoms with Crippen molar-refractivity contribution in [3.63, 3.8) is 0 Å². The van der Waals surface area contributed by atoms with Crippen LogP contribution in [-0.4, -0.2) is 17.5 Å². The van der Waals surface area contributed by atoms with Gasteiger partial charge in [-0.2, -0.15) is 0 Å². The zero-order chi connectivity index (χ0) is 14.7. The molecule has 0 radical (unpaired) electrons. The molecule has 1 aromatic carbocycles. The standard InChI is InChI=1S/C13H17F2N3O2/c14-9-5-6-11(18(19)20)13(12(9)15)17-10-4-2-1-3-8(10)7-16/h5-6,8,10,17H,1-4,7,16H2. The summed E-state index contributed by atoms with van der Waals surface area (Å²) in [7, 11) is 0. The first-order valence-electron chi connectivity index (χ1n) is 6.63. The molecule has 2 atom stereocenters. The van der Waals surface area contributed by atoms with Crippen LogP contribution in [0, 0.1) is 27.7 Å². The highest BCUT2D eigenvalue weighted by Gasteiger charge is 2.29. The summed E-state index contributed by atoms with van der Waals surface area (Å²) in [5.41, 5.74) is 4.84. The summed E-state index contributed by atoms with van der Waals surface area (Å²) in [5.74, 6) is -2.19. The van der Waals surface area contributed by atoms with Crippen molar-refractivity contribution in [1.29, 1.82) is 0 Å². The number of nitro benzene ring substituents is 1. The molecule has 1 aliphatic rings. The quantitative estimate of drug-likeness (QED) is 0.658. The van der Waals surface area contributed by atoms with Gasteiger partial charge in [-0.15, -0.1) is 0 Å².